The quantitative estimate of drug-likeness (QED) is 0.0816. The second-order valence-corrected chi connectivity index (χ2v) is 11.4. The van der Waals surface area contributed by atoms with Crippen LogP contribution < -0.4 is 19.5 Å². The number of nitriles is 1. The van der Waals surface area contributed by atoms with Crippen molar-refractivity contribution in [2.75, 3.05) is 40.7 Å². The molecule has 1 aliphatic carbocycles. The second kappa shape index (κ2) is 19.3. The number of ether oxygens (including phenoxy) is 5. The van der Waals surface area contributed by atoms with Crippen LogP contribution in [0.15, 0.2) is 60.7 Å². The Kier molecular flexibility index (Phi) is 15.2. The van der Waals surface area contributed by atoms with Crippen LogP contribution in [-0.2, 0) is 9.47 Å². The highest BCUT2D eigenvalue weighted by molar-refractivity contribution is 7.46. The summed E-state index contributed by atoms with van der Waals surface area (Å²) in [6.45, 7) is 4.27. The van der Waals surface area contributed by atoms with Crippen LogP contribution in [0.4, 0.5) is 0 Å². The first kappa shape index (κ1) is 35.4. The number of hydrogen-bond donors (Lipinski definition) is 1. The third kappa shape index (κ3) is 11.7. The van der Waals surface area contributed by atoms with Gasteiger partial charge in [-0.2, -0.15) is 5.26 Å². The first-order chi connectivity index (χ1) is 22.0. The summed E-state index contributed by atoms with van der Waals surface area (Å²) in [6, 6.07) is 19.8. The molecule has 45 heavy (non-hydrogen) atoms. The molecule has 5 rings (SSSR count). The van der Waals surface area contributed by atoms with Crippen molar-refractivity contribution in [1.82, 2.24) is 0 Å². The summed E-state index contributed by atoms with van der Waals surface area (Å²) in [4.78, 5) is 20.9. The lowest BCUT2D eigenvalue weighted by Gasteiger charge is -2.18. The van der Waals surface area contributed by atoms with E-state index in [4.69, 9.17) is 34.4 Å². The van der Waals surface area contributed by atoms with Crippen molar-refractivity contribution in [2.24, 2.45) is 5.92 Å². The Morgan fingerprint density at radius 3 is 2.29 bits per heavy atom. The number of carbonyl (C=O) groups is 2. The van der Waals surface area contributed by atoms with Crippen molar-refractivity contribution in [3.8, 4) is 23.3 Å². The topological polar surface area (TPSA) is 131 Å². The van der Waals surface area contributed by atoms with Gasteiger partial charge in [0.2, 0.25) is 0 Å². The molecule has 3 aromatic carbocycles. The van der Waals surface area contributed by atoms with Gasteiger partial charge < -0.3 is 29.1 Å². The van der Waals surface area contributed by atoms with Gasteiger partial charge in [-0.25, -0.2) is 0 Å². The van der Waals surface area contributed by atoms with Gasteiger partial charge in [-0.05, 0) is 97.8 Å². The zero-order valence-corrected chi connectivity index (χ0v) is 27.0. The molecule has 238 valence electrons. The van der Waals surface area contributed by atoms with E-state index < -0.39 is 0 Å². The Bertz CT molecular complexity index is 1420. The Hall–Kier alpha value is -4.09. The molecule has 4 atom stereocenters. The predicted octanol–water partition coefficient (Wildman–Crippen LogP) is 5.86. The fourth-order valence-electron chi connectivity index (χ4n) is 4.78. The number of rotatable bonds is 13. The number of carbonyl (C=O) groups excluding carboxylic acids is 2. The van der Waals surface area contributed by atoms with Crippen LogP contribution in [-0.4, -0.2) is 71.7 Å². The molecule has 1 N–H and O–H groups in total. The Balaban J connectivity index is 0.000000198. The van der Waals surface area contributed by atoms with E-state index in [2.05, 4.69) is 12.7 Å². The van der Waals surface area contributed by atoms with E-state index in [0.29, 0.717) is 55.8 Å². The molecule has 10 heteroatoms. The van der Waals surface area contributed by atoms with Gasteiger partial charge in [-0.15, -0.1) is 0 Å². The van der Waals surface area contributed by atoms with Gasteiger partial charge in [0.05, 0.1) is 44.7 Å². The van der Waals surface area contributed by atoms with Crippen LogP contribution in [0, 0.1) is 22.7 Å². The smallest absolute Gasteiger partial charge is 0.150 e. The van der Waals surface area contributed by atoms with Crippen molar-refractivity contribution in [1.29, 1.82) is 10.7 Å². The number of methoxy groups -OCH3 is 2. The monoisotopic (exact) mass is 632 g/mol. The summed E-state index contributed by atoms with van der Waals surface area (Å²) in [5.74, 6) is 2.89. The molecule has 0 spiro atoms. The van der Waals surface area contributed by atoms with Crippen LogP contribution >= 0.6 is 8.58 Å². The van der Waals surface area contributed by atoms with Gasteiger partial charge in [0.1, 0.15) is 29.8 Å². The Morgan fingerprint density at radius 1 is 0.933 bits per heavy atom. The molecular weight excluding hydrogens is 591 g/mol. The van der Waals surface area contributed by atoms with Crippen molar-refractivity contribution >= 4 is 32.7 Å². The van der Waals surface area contributed by atoms with Crippen LogP contribution in [0.2, 0.25) is 0 Å². The van der Waals surface area contributed by atoms with Crippen molar-refractivity contribution < 1.29 is 33.3 Å². The molecule has 9 nitrogen and oxygen atoms in total. The molecule has 0 radical (unpaired) electrons. The van der Waals surface area contributed by atoms with Crippen molar-refractivity contribution in [3.05, 3.63) is 82.9 Å². The minimum absolute atomic E-state index is 0.532. The minimum Gasteiger partial charge on any atom is -0.497 e. The minimum atomic E-state index is 0.532. The van der Waals surface area contributed by atoms with E-state index in [9.17, 15) is 9.59 Å². The fraction of sp³-hybridized carbons (Fsp3) is 0.371. The van der Waals surface area contributed by atoms with Crippen LogP contribution in [0.3, 0.4) is 0 Å². The molecule has 3 aromatic rings. The summed E-state index contributed by atoms with van der Waals surface area (Å²) >= 11 is 0. The van der Waals surface area contributed by atoms with Crippen LogP contribution in [0.1, 0.15) is 57.5 Å². The van der Waals surface area contributed by atoms with E-state index in [1.807, 2.05) is 24.3 Å². The van der Waals surface area contributed by atoms with E-state index in [-0.39, 0.29) is 0 Å². The Labute approximate surface area is 267 Å². The lowest BCUT2D eigenvalue weighted by molar-refractivity contribution is 0.0791. The largest absolute Gasteiger partial charge is 0.497 e. The summed E-state index contributed by atoms with van der Waals surface area (Å²) in [5, 5.41) is 16.8. The average Bonchev–Trinajstić information content (AvgIpc) is 3.89. The number of nitrogens with one attached hydrogen (secondary N) is 1. The van der Waals surface area contributed by atoms with Gasteiger partial charge in [0.15, 0.2) is 0 Å². The first-order valence-corrected chi connectivity index (χ1v) is 16.3. The molecule has 1 heterocycles. The average molecular weight is 633 g/mol. The molecule has 0 amide bonds. The maximum atomic E-state index is 10.5. The number of fused-ring (bicyclic) bond motifs is 1. The second-order valence-electron chi connectivity index (χ2n) is 10.4. The number of nitrogens with zero attached hydrogens (tertiary/aromatic N) is 1. The molecule has 1 saturated heterocycles. The Morgan fingerprint density at radius 2 is 1.67 bits per heavy atom. The molecule has 1 aliphatic heterocycles. The van der Waals surface area contributed by atoms with E-state index in [0.717, 1.165) is 60.8 Å². The maximum absolute atomic E-state index is 10.5. The lowest BCUT2D eigenvalue weighted by Crippen LogP contribution is -2.19. The maximum Gasteiger partial charge on any atom is 0.150 e. The third-order valence-corrected chi connectivity index (χ3v) is 8.30. The summed E-state index contributed by atoms with van der Waals surface area (Å²) in [5.41, 5.74) is 2.58. The van der Waals surface area contributed by atoms with Crippen LogP contribution in [0.25, 0.3) is 0 Å². The van der Waals surface area contributed by atoms with Crippen molar-refractivity contribution in [3.63, 3.8) is 0 Å². The predicted molar refractivity (Wildman–Crippen MR) is 177 cm³/mol. The lowest BCUT2D eigenvalue weighted by atomic mass is 9.90. The number of aldehydes is 2. The van der Waals surface area contributed by atoms with E-state index >= 15 is 0 Å². The highest BCUT2D eigenvalue weighted by Gasteiger charge is 2.43. The number of hydrogen-bond acceptors (Lipinski definition) is 9. The summed E-state index contributed by atoms with van der Waals surface area (Å²) in [7, 11) is 3.79. The van der Waals surface area contributed by atoms with Crippen molar-refractivity contribution in [2.45, 2.75) is 37.9 Å². The van der Waals surface area contributed by atoms with Gasteiger partial charge in [-0.3, -0.25) is 9.59 Å². The highest BCUT2D eigenvalue weighted by Crippen LogP contribution is 2.39. The fourth-order valence-corrected chi connectivity index (χ4v) is 5.47. The standard InChI is InChI=1S/C17H22O4.C9H9NO2.C9H10NOP/c18-11-13-2-5-15(6-3-13)20-9-1-8-19-12-14-4-7-16-17(10-14)21-16;1-12-9-3-2-7(6-11)4-8(9)5-10;1-11-8-4-3-7(6-10)9(5-8)12-2/h2-3,5-6,11,14,16-17H,1,4,7-10,12H2;2-6,10H,1H3;3-5,12H,1-2H3. The summed E-state index contributed by atoms with van der Waals surface area (Å²) in [6.07, 6.45) is 8.33. The third-order valence-electron chi connectivity index (χ3n) is 7.35. The zero-order chi connectivity index (χ0) is 32.4. The summed E-state index contributed by atoms with van der Waals surface area (Å²) < 4.78 is 26.9. The zero-order valence-electron chi connectivity index (χ0n) is 26.0. The van der Waals surface area contributed by atoms with Gasteiger partial charge >= 0.3 is 0 Å². The number of benzene rings is 3. The van der Waals surface area contributed by atoms with Crippen LogP contribution in [0.5, 0.6) is 17.2 Å². The molecule has 0 bridgehead atoms. The highest BCUT2D eigenvalue weighted by atomic mass is 31.1. The van der Waals surface area contributed by atoms with Gasteiger partial charge in [0, 0.05) is 42.5 Å². The molecule has 0 aromatic heterocycles. The molecule has 1 saturated carbocycles. The normalized spacial score (nSPS) is 17.7. The van der Waals surface area contributed by atoms with Gasteiger partial charge in [0.25, 0.3) is 0 Å². The van der Waals surface area contributed by atoms with Gasteiger partial charge in [-0.1, -0.05) is 8.58 Å². The van der Waals surface area contributed by atoms with E-state index in [1.54, 1.807) is 43.5 Å². The number of epoxide rings is 1. The molecule has 2 aliphatic rings. The van der Waals surface area contributed by atoms with E-state index in [1.165, 1.54) is 26.4 Å². The molecule has 2 fully saturated rings. The molecular formula is C35H41N2O7P. The first-order valence-electron chi connectivity index (χ1n) is 14.8. The molecule has 4 unspecified atom stereocenters. The SMILES string of the molecule is COc1ccc(C#N)c(PC)c1.COc1ccc(C=O)cc1C=N.O=Cc1ccc(OCCCOCC2CCC3OC3C2)cc1.